The molecule has 0 spiro atoms. The van der Waals surface area contributed by atoms with Crippen molar-refractivity contribution in [2.45, 2.75) is 6.42 Å². The average Bonchev–Trinajstić information content (AvgIpc) is 2.74. The van der Waals surface area contributed by atoms with Crippen molar-refractivity contribution in [2.75, 3.05) is 32.0 Å². The molecule has 1 saturated heterocycles. The maximum Gasteiger partial charge on any atom is 0.319 e. The van der Waals surface area contributed by atoms with E-state index in [1.807, 2.05) is 0 Å². The number of urea groups is 1. The van der Waals surface area contributed by atoms with Gasteiger partial charge in [-0.05, 0) is 38.1 Å². The van der Waals surface area contributed by atoms with Gasteiger partial charge in [0.1, 0.15) is 0 Å². The van der Waals surface area contributed by atoms with Gasteiger partial charge in [0.15, 0.2) is 0 Å². The molecule has 1 aliphatic rings. The number of aromatic nitrogens is 1. The Hall–Kier alpha value is -1.62. The molecule has 2 heterocycles. The first-order valence-electron chi connectivity index (χ1n) is 5.87. The number of nitrogens with zero attached hydrogens (tertiary/aromatic N) is 2. The molecular formula is C12H18N4O. The van der Waals surface area contributed by atoms with Crippen molar-refractivity contribution >= 4 is 11.7 Å². The second kappa shape index (κ2) is 5.63. The second-order valence-electron chi connectivity index (χ2n) is 4.49. The van der Waals surface area contributed by atoms with Crippen molar-refractivity contribution in [3.05, 3.63) is 24.5 Å². The quantitative estimate of drug-likeness (QED) is 0.825. The van der Waals surface area contributed by atoms with Crippen LogP contribution in [0.4, 0.5) is 10.5 Å². The van der Waals surface area contributed by atoms with Crippen LogP contribution in [0.15, 0.2) is 24.5 Å². The van der Waals surface area contributed by atoms with E-state index >= 15 is 0 Å². The summed E-state index contributed by atoms with van der Waals surface area (Å²) in [4.78, 5) is 17.8. The van der Waals surface area contributed by atoms with Gasteiger partial charge in [0.05, 0.1) is 0 Å². The van der Waals surface area contributed by atoms with Gasteiger partial charge in [-0.3, -0.25) is 4.98 Å². The molecular weight excluding hydrogens is 216 g/mol. The Morgan fingerprint density at radius 1 is 1.53 bits per heavy atom. The van der Waals surface area contributed by atoms with E-state index in [9.17, 15) is 4.79 Å². The molecule has 0 aliphatic carbocycles. The van der Waals surface area contributed by atoms with Crippen LogP contribution in [-0.2, 0) is 0 Å². The molecule has 1 fully saturated rings. The fraction of sp³-hybridized carbons (Fsp3) is 0.500. The monoisotopic (exact) mass is 234 g/mol. The van der Waals surface area contributed by atoms with Crippen LogP contribution in [0, 0.1) is 5.92 Å². The summed E-state index contributed by atoms with van der Waals surface area (Å²) < 4.78 is 0. The van der Waals surface area contributed by atoms with E-state index in [-0.39, 0.29) is 6.03 Å². The van der Waals surface area contributed by atoms with Gasteiger partial charge >= 0.3 is 6.03 Å². The number of anilines is 1. The number of carbonyl (C=O) groups excluding carboxylic acids is 1. The lowest BCUT2D eigenvalue weighted by atomic mass is 10.1. The van der Waals surface area contributed by atoms with Crippen molar-refractivity contribution in [1.82, 2.24) is 15.2 Å². The number of carbonyl (C=O) groups is 1. The lowest BCUT2D eigenvalue weighted by Crippen LogP contribution is -2.33. The summed E-state index contributed by atoms with van der Waals surface area (Å²) in [6, 6.07) is 3.39. The Labute approximate surface area is 101 Å². The lowest BCUT2D eigenvalue weighted by molar-refractivity contribution is 0.250. The number of amides is 2. The zero-order chi connectivity index (χ0) is 12.1. The molecule has 2 amide bonds. The predicted octanol–water partition coefficient (Wildman–Crippen LogP) is 1.15. The minimum absolute atomic E-state index is 0.147. The van der Waals surface area contributed by atoms with Gasteiger partial charge in [-0.2, -0.15) is 0 Å². The fourth-order valence-electron chi connectivity index (χ4n) is 2.04. The third kappa shape index (κ3) is 3.71. The zero-order valence-corrected chi connectivity index (χ0v) is 10.0. The van der Waals surface area contributed by atoms with Crippen LogP contribution in [0.25, 0.3) is 0 Å². The van der Waals surface area contributed by atoms with Gasteiger partial charge in [-0.25, -0.2) is 4.79 Å². The van der Waals surface area contributed by atoms with E-state index in [1.165, 1.54) is 0 Å². The molecule has 5 heteroatoms. The van der Waals surface area contributed by atoms with Gasteiger partial charge in [0, 0.05) is 31.2 Å². The highest BCUT2D eigenvalue weighted by Crippen LogP contribution is 2.12. The first-order chi connectivity index (χ1) is 8.24. The molecule has 2 rings (SSSR count). The largest absolute Gasteiger partial charge is 0.338 e. The SMILES string of the molecule is CN1CCC(CNC(=O)Nc2ccncc2)C1. The summed E-state index contributed by atoms with van der Waals surface area (Å²) in [7, 11) is 2.11. The molecule has 1 aromatic heterocycles. The van der Waals surface area contributed by atoms with Gasteiger partial charge in [-0.15, -0.1) is 0 Å². The summed E-state index contributed by atoms with van der Waals surface area (Å²) in [5, 5.41) is 5.67. The number of hydrogen-bond donors (Lipinski definition) is 2. The van der Waals surface area contributed by atoms with E-state index in [2.05, 4.69) is 27.6 Å². The smallest absolute Gasteiger partial charge is 0.319 e. The lowest BCUT2D eigenvalue weighted by Gasteiger charge is -2.12. The van der Waals surface area contributed by atoms with E-state index in [0.717, 1.165) is 31.7 Å². The molecule has 0 saturated carbocycles. The molecule has 1 aliphatic heterocycles. The van der Waals surface area contributed by atoms with E-state index in [0.29, 0.717) is 5.92 Å². The highest BCUT2D eigenvalue weighted by atomic mass is 16.2. The highest BCUT2D eigenvalue weighted by Gasteiger charge is 2.19. The second-order valence-corrected chi connectivity index (χ2v) is 4.49. The Morgan fingerprint density at radius 2 is 2.29 bits per heavy atom. The van der Waals surface area contributed by atoms with Gasteiger partial charge in [0.25, 0.3) is 0 Å². The van der Waals surface area contributed by atoms with Crippen molar-refractivity contribution in [3.8, 4) is 0 Å². The Bertz CT molecular complexity index is 368. The van der Waals surface area contributed by atoms with Crippen LogP contribution >= 0.6 is 0 Å². The van der Waals surface area contributed by atoms with Crippen LogP contribution in [0.5, 0.6) is 0 Å². The molecule has 17 heavy (non-hydrogen) atoms. The van der Waals surface area contributed by atoms with Crippen molar-refractivity contribution < 1.29 is 4.79 Å². The molecule has 0 aromatic carbocycles. The summed E-state index contributed by atoms with van der Waals surface area (Å²) in [5.41, 5.74) is 0.765. The normalized spacial score (nSPS) is 20.2. The van der Waals surface area contributed by atoms with Crippen molar-refractivity contribution in [2.24, 2.45) is 5.92 Å². The van der Waals surface area contributed by atoms with Crippen LogP contribution in [-0.4, -0.2) is 42.6 Å². The summed E-state index contributed by atoms with van der Waals surface area (Å²) >= 11 is 0. The molecule has 2 N–H and O–H groups in total. The van der Waals surface area contributed by atoms with E-state index in [4.69, 9.17) is 0 Å². The number of likely N-dealkylation sites (tertiary alicyclic amines) is 1. The maximum atomic E-state index is 11.6. The highest BCUT2D eigenvalue weighted by molar-refractivity contribution is 5.89. The van der Waals surface area contributed by atoms with Crippen LogP contribution in [0.3, 0.4) is 0 Å². The molecule has 0 radical (unpaired) electrons. The molecule has 92 valence electrons. The Kier molecular flexibility index (Phi) is 3.93. The summed E-state index contributed by atoms with van der Waals surface area (Å²) in [6.07, 6.45) is 4.47. The molecule has 5 nitrogen and oxygen atoms in total. The first-order valence-corrected chi connectivity index (χ1v) is 5.87. The van der Waals surface area contributed by atoms with Gasteiger partial charge in [0.2, 0.25) is 0 Å². The van der Waals surface area contributed by atoms with Crippen molar-refractivity contribution in [1.29, 1.82) is 0 Å². The summed E-state index contributed by atoms with van der Waals surface area (Å²) in [5.74, 6) is 0.572. The molecule has 1 atom stereocenters. The molecule has 1 aromatic rings. The standard InChI is InChI=1S/C12H18N4O/c1-16-7-4-10(9-16)8-14-12(17)15-11-2-5-13-6-3-11/h2-3,5-6,10H,4,7-9H2,1H3,(H2,13,14,15,17). The van der Waals surface area contributed by atoms with Crippen molar-refractivity contribution in [3.63, 3.8) is 0 Å². The third-order valence-corrected chi connectivity index (χ3v) is 2.98. The topological polar surface area (TPSA) is 57.3 Å². The predicted molar refractivity (Wildman–Crippen MR) is 66.9 cm³/mol. The van der Waals surface area contributed by atoms with Gasteiger partial charge in [-0.1, -0.05) is 0 Å². The van der Waals surface area contributed by atoms with Crippen LogP contribution in [0.1, 0.15) is 6.42 Å². The summed E-state index contributed by atoms with van der Waals surface area (Å²) in [6.45, 7) is 2.93. The van der Waals surface area contributed by atoms with Gasteiger partial charge < -0.3 is 15.5 Å². The fourth-order valence-corrected chi connectivity index (χ4v) is 2.04. The van der Waals surface area contributed by atoms with Crippen LogP contribution in [0.2, 0.25) is 0 Å². The maximum absolute atomic E-state index is 11.6. The number of nitrogens with one attached hydrogen (secondary N) is 2. The minimum atomic E-state index is -0.147. The zero-order valence-electron chi connectivity index (χ0n) is 10.0. The Morgan fingerprint density at radius 3 is 2.94 bits per heavy atom. The Balaban J connectivity index is 1.71. The third-order valence-electron chi connectivity index (χ3n) is 2.98. The average molecular weight is 234 g/mol. The number of pyridine rings is 1. The molecule has 1 unspecified atom stereocenters. The first kappa shape index (κ1) is 11.9. The number of hydrogen-bond acceptors (Lipinski definition) is 3. The molecule has 0 bridgehead atoms. The minimum Gasteiger partial charge on any atom is -0.338 e. The number of rotatable bonds is 3. The van der Waals surface area contributed by atoms with Crippen LogP contribution < -0.4 is 10.6 Å². The van der Waals surface area contributed by atoms with E-state index in [1.54, 1.807) is 24.5 Å². The van der Waals surface area contributed by atoms with E-state index < -0.39 is 0 Å².